The van der Waals surface area contributed by atoms with Gasteiger partial charge in [0.15, 0.2) is 5.65 Å². The quantitative estimate of drug-likeness (QED) is 0.443. The molecule has 4 rings (SSSR count). The molecule has 1 N–H and O–H groups in total. The van der Waals surface area contributed by atoms with Gasteiger partial charge < -0.3 is 14.8 Å². The summed E-state index contributed by atoms with van der Waals surface area (Å²) in [5, 5.41) is 4.24. The minimum atomic E-state index is 0.346. The van der Waals surface area contributed by atoms with Gasteiger partial charge in [0, 0.05) is 17.4 Å². The summed E-state index contributed by atoms with van der Waals surface area (Å²) in [6.07, 6.45) is 1.53. The third kappa shape index (κ3) is 4.49. The lowest BCUT2D eigenvalue weighted by Crippen LogP contribution is -2.00. The molecule has 0 radical (unpaired) electrons. The topological polar surface area (TPSA) is 69.2 Å². The molecule has 2 aromatic carbocycles. The van der Waals surface area contributed by atoms with Crippen LogP contribution in [0.2, 0.25) is 0 Å². The van der Waals surface area contributed by atoms with Crippen LogP contribution in [-0.2, 0) is 6.61 Å². The van der Waals surface area contributed by atoms with E-state index in [1.165, 1.54) is 6.33 Å². The smallest absolute Gasteiger partial charge is 0.164 e. The molecule has 0 saturated carbocycles. The largest absolute Gasteiger partial charge is 0.497 e. The summed E-state index contributed by atoms with van der Waals surface area (Å²) in [6, 6.07) is 19.7. The van der Waals surface area contributed by atoms with E-state index < -0.39 is 0 Å². The molecule has 6 nitrogen and oxygen atoms in total. The molecule has 0 aliphatic heterocycles. The molecular weight excluding hydrogens is 376 g/mol. The van der Waals surface area contributed by atoms with Crippen LogP contribution in [0, 0.1) is 0 Å². The van der Waals surface area contributed by atoms with Crippen LogP contribution in [0.4, 0.5) is 11.5 Å². The van der Waals surface area contributed by atoms with Gasteiger partial charge in [0.1, 0.15) is 30.3 Å². The molecule has 4 aromatic rings. The maximum atomic E-state index is 5.96. The first kappa shape index (κ1) is 19.6. The Balaban J connectivity index is 1.51. The molecule has 0 atom stereocenters. The number of aromatic nitrogens is 3. The fourth-order valence-corrected chi connectivity index (χ4v) is 3.11. The number of methoxy groups -OCH3 is 1. The van der Waals surface area contributed by atoms with Crippen molar-refractivity contribution in [3.8, 4) is 11.5 Å². The zero-order chi connectivity index (χ0) is 20.9. The van der Waals surface area contributed by atoms with E-state index in [1.54, 1.807) is 7.11 Å². The van der Waals surface area contributed by atoms with E-state index in [-0.39, 0.29) is 0 Å². The third-order valence-corrected chi connectivity index (χ3v) is 4.75. The maximum absolute atomic E-state index is 5.96. The Bertz CT molecular complexity index is 1160. The predicted octanol–water partition coefficient (Wildman–Crippen LogP) is 5.48. The van der Waals surface area contributed by atoms with Crippen LogP contribution < -0.4 is 14.8 Å². The molecule has 152 valence electrons. The Morgan fingerprint density at radius 2 is 1.77 bits per heavy atom. The van der Waals surface area contributed by atoms with Gasteiger partial charge in [0.05, 0.1) is 12.5 Å². The van der Waals surface area contributed by atoms with Crippen molar-refractivity contribution in [1.29, 1.82) is 0 Å². The van der Waals surface area contributed by atoms with Crippen LogP contribution in [0.25, 0.3) is 11.0 Å². The fourth-order valence-electron chi connectivity index (χ4n) is 3.11. The SMILES string of the molecule is COc1cccc(COc2cccc(Nc3ncnc4nc(C(C)C)ccc34)c2)c1. The van der Waals surface area contributed by atoms with E-state index in [9.17, 15) is 0 Å². The van der Waals surface area contributed by atoms with Gasteiger partial charge in [-0.25, -0.2) is 15.0 Å². The Hall–Kier alpha value is -3.67. The Labute approximate surface area is 175 Å². The van der Waals surface area contributed by atoms with E-state index >= 15 is 0 Å². The van der Waals surface area contributed by atoms with Gasteiger partial charge in [-0.05, 0) is 47.9 Å². The van der Waals surface area contributed by atoms with Crippen LogP contribution in [0.3, 0.4) is 0 Å². The number of benzene rings is 2. The molecule has 2 heterocycles. The van der Waals surface area contributed by atoms with Crippen LogP contribution in [0.15, 0.2) is 67.0 Å². The van der Waals surface area contributed by atoms with Crippen molar-refractivity contribution in [2.75, 3.05) is 12.4 Å². The summed E-state index contributed by atoms with van der Waals surface area (Å²) >= 11 is 0. The van der Waals surface area contributed by atoms with E-state index in [1.807, 2.05) is 60.7 Å². The highest BCUT2D eigenvalue weighted by Gasteiger charge is 2.09. The zero-order valence-corrected chi connectivity index (χ0v) is 17.3. The van der Waals surface area contributed by atoms with Crippen LogP contribution in [0.5, 0.6) is 11.5 Å². The molecule has 0 amide bonds. The summed E-state index contributed by atoms with van der Waals surface area (Å²) in [5.41, 5.74) is 3.62. The molecule has 6 heteroatoms. The third-order valence-electron chi connectivity index (χ3n) is 4.75. The van der Waals surface area contributed by atoms with E-state index in [0.29, 0.717) is 24.0 Å². The monoisotopic (exact) mass is 400 g/mol. The highest BCUT2D eigenvalue weighted by atomic mass is 16.5. The Morgan fingerprint density at radius 3 is 2.60 bits per heavy atom. The molecular formula is C24H24N4O2. The van der Waals surface area contributed by atoms with Crippen molar-refractivity contribution >= 4 is 22.5 Å². The van der Waals surface area contributed by atoms with Gasteiger partial charge in [-0.1, -0.05) is 32.0 Å². The van der Waals surface area contributed by atoms with Gasteiger partial charge in [0.2, 0.25) is 0 Å². The van der Waals surface area contributed by atoms with Gasteiger partial charge in [-0.15, -0.1) is 0 Å². The van der Waals surface area contributed by atoms with Gasteiger partial charge in [0.25, 0.3) is 0 Å². The molecule has 0 aliphatic carbocycles. The second kappa shape index (κ2) is 8.78. The number of hydrogen-bond donors (Lipinski definition) is 1. The van der Waals surface area contributed by atoms with Gasteiger partial charge in [-0.3, -0.25) is 0 Å². The zero-order valence-electron chi connectivity index (χ0n) is 17.3. The lowest BCUT2D eigenvalue weighted by Gasteiger charge is -2.12. The highest BCUT2D eigenvalue weighted by molar-refractivity contribution is 5.88. The number of hydrogen-bond acceptors (Lipinski definition) is 6. The van der Waals surface area contributed by atoms with Crippen LogP contribution >= 0.6 is 0 Å². The number of pyridine rings is 1. The van der Waals surface area contributed by atoms with Crippen LogP contribution in [-0.4, -0.2) is 22.1 Å². The van der Waals surface area contributed by atoms with Crippen LogP contribution in [0.1, 0.15) is 31.0 Å². The van der Waals surface area contributed by atoms with Gasteiger partial charge >= 0.3 is 0 Å². The first-order valence-corrected chi connectivity index (χ1v) is 9.87. The van der Waals surface area contributed by atoms with Gasteiger partial charge in [-0.2, -0.15) is 0 Å². The number of nitrogens with zero attached hydrogens (tertiary/aromatic N) is 3. The molecule has 0 unspecified atom stereocenters. The standard InChI is InChI=1S/C24H24N4O2/c1-16(2)22-11-10-21-23(25-15-26-24(21)28-22)27-18-7-5-9-20(13-18)30-14-17-6-4-8-19(12-17)29-3/h4-13,15-16H,14H2,1-3H3,(H,25,26,27,28). The summed E-state index contributed by atoms with van der Waals surface area (Å²) in [6.45, 7) is 4.69. The second-order valence-electron chi connectivity index (χ2n) is 7.28. The number of anilines is 2. The van der Waals surface area contributed by atoms with Crippen molar-refractivity contribution < 1.29 is 9.47 Å². The summed E-state index contributed by atoms with van der Waals surface area (Å²) in [4.78, 5) is 13.4. The summed E-state index contributed by atoms with van der Waals surface area (Å²) in [5.74, 6) is 2.64. The van der Waals surface area contributed by atoms with Crippen molar-refractivity contribution in [3.63, 3.8) is 0 Å². The average molecular weight is 400 g/mol. The lowest BCUT2D eigenvalue weighted by atomic mass is 10.1. The minimum absolute atomic E-state index is 0.346. The molecule has 0 aliphatic rings. The molecule has 30 heavy (non-hydrogen) atoms. The first-order chi connectivity index (χ1) is 14.6. The van der Waals surface area contributed by atoms with Crippen molar-refractivity contribution in [2.24, 2.45) is 0 Å². The highest BCUT2D eigenvalue weighted by Crippen LogP contribution is 2.26. The second-order valence-corrected chi connectivity index (χ2v) is 7.28. The number of ether oxygens (including phenoxy) is 2. The van der Waals surface area contributed by atoms with Crippen molar-refractivity contribution in [2.45, 2.75) is 26.4 Å². The number of rotatable bonds is 7. The normalized spacial score (nSPS) is 10.9. The maximum Gasteiger partial charge on any atom is 0.164 e. The Kier molecular flexibility index (Phi) is 5.75. The predicted molar refractivity (Wildman–Crippen MR) is 118 cm³/mol. The Morgan fingerprint density at radius 1 is 0.933 bits per heavy atom. The molecule has 0 fully saturated rings. The summed E-state index contributed by atoms with van der Waals surface area (Å²) < 4.78 is 11.2. The summed E-state index contributed by atoms with van der Waals surface area (Å²) in [7, 11) is 1.66. The van der Waals surface area contributed by atoms with Crippen molar-refractivity contribution in [3.05, 3.63) is 78.2 Å². The average Bonchev–Trinajstić information content (AvgIpc) is 2.78. The first-order valence-electron chi connectivity index (χ1n) is 9.87. The number of nitrogens with one attached hydrogen (secondary N) is 1. The lowest BCUT2D eigenvalue weighted by molar-refractivity contribution is 0.305. The van der Waals surface area contributed by atoms with E-state index in [0.717, 1.165) is 33.8 Å². The van der Waals surface area contributed by atoms with E-state index in [4.69, 9.17) is 9.47 Å². The molecule has 0 spiro atoms. The van der Waals surface area contributed by atoms with Crippen molar-refractivity contribution in [1.82, 2.24) is 15.0 Å². The molecule has 2 aromatic heterocycles. The molecule has 0 saturated heterocycles. The molecule has 0 bridgehead atoms. The number of fused-ring (bicyclic) bond motifs is 1. The van der Waals surface area contributed by atoms with E-state index in [2.05, 4.69) is 34.1 Å². The minimum Gasteiger partial charge on any atom is -0.497 e. The fraction of sp³-hybridized carbons (Fsp3) is 0.208.